The Bertz CT molecular complexity index is 324. The Balaban J connectivity index is 1.96. The predicted octanol–water partition coefficient (Wildman–Crippen LogP) is 1.21. The predicted molar refractivity (Wildman–Crippen MR) is 65.4 cm³/mol. The number of piperazine rings is 1. The quantitative estimate of drug-likeness (QED) is 0.768. The normalized spacial score (nSPS) is 19.5. The van der Waals surface area contributed by atoms with Crippen LogP contribution in [0.1, 0.15) is 25.6 Å². The lowest BCUT2D eigenvalue weighted by molar-refractivity contribution is 0.145. The maximum atomic E-state index is 4.25. The second-order valence-corrected chi connectivity index (χ2v) is 4.97. The first-order chi connectivity index (χ1) is 7.66. The lowest BCUT2D eigenvalue weighted by atomic mass is 10.3. The fraction of sp³-hybridized carbons (Fsp3) is 0.750. The van der Waals surface area contributed by atoms with E-state index in [-0.39, 0.29) is 0 Å². The molecule has 0 atom stereocenters. The number of nitrogens with zero attached hydrogens (tertiary/aromatic N) is 4. The third kappa shape index (κ3) is 2.62. The molecule has 1 fully saturated rings. The van der Waals surface area contributed by atoms with E-state index in [4.69, 9.17) is 0 Å². The van der Waals surface area contributed by atoms with Crippen LogP contribution in [-0.2, 0) is 6.54 Å². The standard InChI is InChI=1S/C12H22N4/c1-11(2)16-10-13-8-12(16)9-15-6-4-14(3)5-7-15/h8,10-11H,4-7,9H2,1-3H3. The zero-order valence-electron chi connectivity index (χ0n) is 10.6. The zero-order valence-corrected chi connectivity index (χ0v) is 10.6. The molecule has 2 rings (SSSR count). The molecule has 4 nitrogen and oxygen atoms in total. The third-order valence-electron chi connectivity index (χ3n) is 3.28. The smallest absolute Gasteiger partial charge is 0.0951 e. The first-order valence-corrected chi connectivity index (χ1v) is 6.08. The van der Waals surface area contributed by atoms with Crippen molar-refractivity contribution in [2.45, 2.75) is 26.4 Å². The van der Waals surface area contributed by atoms with E-state index in [1.54, 1.807) is 0 Å². The van der Waals surface area contributed by atoms with Gasteiger partial charge in [-0.1, -0.05) is 0 Å². The summed E-state index contributed by atoms with van der Waals surface area (Å²) in [6.07, 6.45) is 3.94. The van der Waals surface area contributed by atoms with Gasteiger partial charge in [-0.3, -0.25) is 4.90 Å². The van der Waals surface area contributed by atoms with Crippen LogP contribution in [0.15, 0.2) is 12.5 Å². The van der Waals surface area contributed by atoms with E-state index in [2.05, 4.69) is 40.2 Å². The summed E-state index contributed by atoms with van der Waals surface area (Å²) in [6, 6.07) is 0.505. The van der Waals surface area contributed by atoms with E-state index >= 15 is 0 Å². The lowest BCUT2D eigenvalue weighted by Gasteiger charge is -2.32. The summed E-state index contributed by atoms with van der Waals surface area (Å²) in [6.45, 7) is 10.1. The van der Waals surface area contributed by atoms with E-state index in [0.29, 0.717) is 6.04 Å². The fourth-order valence-corrected chi connectivity index (χ4v) is 2.15. The van der Waals surface area contributed by atoms with Crippen LogP contribution in [0.2, 0.25) is 0 Å². The first kappa shape index (κ1) is 11.6. The highest BCUT2D eigenvalue weighted by Gasteiger charge is 2.15. The molecule has 0 N–H and O–H groups in total. The summed E-state index contributed by atoms with van der Waals surface area (Å²) in [5.41, 5.74) is 1.33. The summed E-state index contributed by atoms with van der Waals surface area (Å²) in [4.78, 5) is 9.14. The van der Waals surface area contributed by atoms with Crippen LogP contribution in [0.3, 0.4) is 0 Å². The van der Waals surface area contributed by atoms with Crippen molar-refractivity contribution in [1.29, 1.82) is 0 Å². The van der Waals surface area contributed by atoms with Gasteiger partial charge in [0.25, 0.3) is 0 Å². The van der Waals surface area contributed by atoms with Crippen LogP contribution in [0.25, 0.3) is 0 Å². The van der Waals surface area contributed by atoms with Crippen LogP contribution >= 0.6 is 0 Å². The van der Waals surface area contributed by atoms with Crippen molar-refractivity contribution in [2.75, 3.05) is 33.2 Å². The second kappa shape index (κ2) is 4.97. The molecule has 0 unspecified atom stereocenters. The molecule has 1 aliphatic rings. The molecule has 1 saturated heterocycles. The maximum absolute atomic E-state index is 4.25. The summed E-state index contributed by atoms with van der Waals surface area (Å²) in [5.74, 6) is 0. The molecule has 16 heavy (non-hydrogen) atoms. The summed E-state index contributed by atoms with van der Waals surface area (Å²) in [7, 11) is 2.19. The molecule has 0 aliphatic carbocycles. The van der Waals surface area contributed by atoms with E-state index in [1.807, 2.05) is 12.5 Å². The van der Waals surface area contributed by atoms with Gasteiger partial charge in [0, 0.05) is 45.0 Å². The molecule has 0 radical (unpaired) electrons. The zero-order chi connectivity index (χ0) is 11.5. The van der Waals surface area contributed by atoms with E-state index in [1.165, 1.54) is 31.9 Å². The summed E-state index contributed by atoms with van der Waals surface area (Å²) in [5, 5.41) is 0. The van der Waals surface area contributed by atoms with Crippen LogP contribution in [0, 0.1) is 0 Å². The van der Waals surface area contributed by atoms with Gasteiger partial charge in [0.1, 0.15) is 0 Å². The van der Waals surface area contributed by atoms with Gasteiger partial charge in [-0.2, -0.15) is 0 Å². The van der Waals surface area contributed by atoms with Crippen molar-refractivity contribution in [3.63, 3.8) is 0 Å². The minimum atomic E-state index is 0.505. The first-order valence-electron chi connectivity index (χ1n) is 6.08. The lowest BCUT2D eigenvalue weighted by Crippen LogP contribution is -2.44. The molecule has 1 aliphatic heterocycles. The van der Waals surface area contributed by atoms with Gasteiger partial charge < -0.3 is 9.47 Å². The van der Waals surface area contributed by atoms with Gasteiger partial charge in [-0.15, -0.1) is 0 Å². The molecule has 2 heterocycles. The fourth-order valence-electron chi connectivity index (χ4n) is 2.15. The van der Waals surface area contributed by atoms with Crippen LogP contribution in [-0.4, -0.2) is 52.6 Å². The monoisotopic (exact) mass is 222 g/mol. The molecular weight excluding hydrogens is 200 g/mol. The van der Waals surface area contributed by atoms with E-state index < -0.39 is 0 Å². The molecule has 1 aromatic heterocycles. The average Bonchev–Trinajstić information content (AvgIpc) is 2.69. The van der Waals surface area contributed by atoms with Gasteiger partial charge in [-0.25, -0.2) is 4.98 Å². The number of hydrogen-bond donors (Lipinski definition) is 0. The van der Waals surface area contributed by atoms with Crippen LogP contribution in [0.5, 0.6) is 0 Å². The Labute approximate surface area is 97.9 Å². The van der Waals surface area contributed by atoms with Crippen molar-refractivity contribution in [2.24, 2.45) is 0 Å². The van der Waals surface area contributed by atoms with Gasteiger partial charge in [0.2, 0.25) is 0 Å². The van der Waals surface area contributed by atoms with Gasteiger partial charge >= 0.3 is 0 Å². The molecule has 0 amide bonds. The molecule has 0 aromatic carbocycles. The summed E-state index contributed by atoms with van der Waals surface area (Å²) >= 11 is 0. The SMILES string of the molecule is CC(C)n1cncc1CN1CCN(C)CC1. The van der Waals surface area contributed by atoms with Crippen LogP contribution in [0.4, 0.5) is 0 Å². The summed E-state index contributed by atoms with van der Waals surface area (Å²) < 4.78 is 2.26. The van der Waals surface area contributed by atoms with Gasteiger partial charge in [0.15, 0.2) is 0 Å². The number of hydrogen-bond acceptors (Lipinski definition) is 3. The Kier molecular flexibility index (Phi) is 3.61. The van der Waals surface area contributed by atoms with Crippen molar-refractivity contribution in [1.82, 2.24) is 19.4 Å². The van der Waals surface area contributed by atoms with Crippen LogP contribution < -0.4 is 0 Å². The Morgan fingerprint density at radius 3 is 2.56 bits per heavy atom. The molecule has 0 spiro atoms. The second-order valence-electron chi connectivity index (χ2n) is 4.97. The van der Waals surface area contributed by atoms with Crippen molar-refractivity contribution in [3.8, 4) is 0 Å². The van der Waals surface area contributed by atoms with Crippen molar-refractivity contribution < 1.29 is 0 Å². The Morgan fingerprint density at radius 1 is 1.25 bits per heavy atom. The highest BCUT2D eigenvalue weighted by molar-refractivity contribution is 5.00. The largest absolute Gasteiger partial charge is 0.331 e. The number of rotatable bonds is 3. The maximum Gasteiger partial charge on any atom is 0.0951 e. The highest BCUT2D eigenvalue weighted by atomic mass is 15.3. The highest BCUT2D eigenvalue weighted by Crippen LogP contribution is 2.12. The third-order valence-corrected chi connectivity index (χ3v) is 3.28. The van der Waals surface area contributed by atoms with Gasteiger partial charge in [0.05, 0.1) is 12.0 Å². The average molecular weight is 222 g/mol. The Morgan fingerprint density at radius 2 is 1.94 bits per heavy atom. The van der Waals surface area contributed by atoms with Crippen molar-refractivity contribution >= 4 is 0 Å². The minimum absolute atomic E-state index is 0.505. The van der Waals surface area contributed by atoms with Gasteiger partial charge in [-0.05, 0) is 20.9 Å². The van der Waals surface area contributed by atoms with E-state index in [0.717, 1.165) is 6.54 Å². The van der Waals surface area contributed by atoms with Crippen molar-refractivity contribution in [3.05, 3.63) is 18.2 Å². The molecule has 0 bridgehead atoms. The molecular formula is C12H22N4. The number of imidazole rings is 1. The Hall–Kier alpha value is -0.870. The molecule has 90 valence electrons. The topological polar surface area (TPSA) is 24.3 Å². The molecule has 0 saturated carbocycles. The number of likely N-dealkylation sites (N-methyl/N-ethyl adjacent to an activating group) is 1. The number of aromatic nitrogens is 2. The molecule has 4 heteroatoms. The van der Waals surface area contributed by atoms with E-state index in [9.17, 15) is 0 Å². The minimum Gasteiger partial charge on any atom is -0.331 e. The molecule has 1 aromatic rings.